The third kappa shape index (κ3) is 4.95. The van der Waals surface area contributed by atoms with Gasteiger partial charge in [-0.15, -0.1) is 0 Å². The van der Waals surface area contributed by atoms with Crippen molar-refractivity contribution in [1.29, 1.82) is 0 Å². The van der Waals surface area contributed by atoms with Gasteiger partial charge in [0.05, 0.1) is 11.4 Å². The topological polar surface area (TPSA) is 40.9 Å². The number of carbonyl (C=O) groups is 1. The van der Waals surface area contributed by atoms with Gasteiger partial charge >= 0.3 is 0 Å². The molecule has 0 atom stereocenters. The summed E-state index contributed by atoms with van der Waals surface area (Å²) >= 11 is 6.19. The number of pyridine rings is 1. The van der Waals surface area contributed by atoms with Gasteiger partial charge in [0.15, 0.2) is 0 Å². The Hall–Kier alpha value is -3.93. The van der Waals surface area contributed by atoms with Crippen LogP contribution in [-0.4, -0.2) is 51.3 Å². The van der Waals surface area contributed by atoms with Crippen molar-refractivity contribution in [3.63, 3.8) is 0 Å². The number of aryl methyl sites for hydroxylation is 1. The van der Waals surface area contributed by atoms with Crippen LogP contribution in [0.15, 0.2) is 97.2 Å². The number of nitrogens with zero attached hydrogens (tertiary/aromatic N) is 4. The summed E-state index contributed by atoms with van der Waals surface area (Å²) in [7, 11) is 0. The zero-order chi connectivity index (χ0) is 26.1. The highest BCUT2D eigenvalue weighted by Crippen LogP contribution is 2.29. The van der Waals surface area contributed by atoms with Crippen molar-refractivity contribution in [2.75, 3.05) is 26.2 Å². The molecule has 5 aromatic rings. The standard InChI is InChI=1S/C32H29ClN4O/c1-23-7-9-26(10-8-23)32(38)36-19-17-35(18-20-36)22-29-31(25-11-14-28(33)15-12-25)34-30-16-13-27(21-37(29)30)24-5-3-2-4-6-24/h2-16,21H,17-20,22H2,1H3. The maximum Gasteiger partial charge on any atom is 0.253 e. The molecule has 0 spiro atoms. The molecule has 1 aliphatic rings. The SMILES string of the molecule is Cc1ccc(C(=O)N2CCN(Cc3c(-c4ccc(Cl)cc4)nc4ccc(-c5ccccc5)cn34)CC2)cc1. The van der Waals surface area contributed by atoms with E-state index in [1.54, 1.807) is 0 Å². The molecule has 1 aliphatic heterocycles. The van der Waals surface area contributed by atoms with Gasteiger partial charge < -0.3 is 9.30 Å². The van der Waals surface area contributed by atoms with Crippen LogP contribution in [0.2, 0.25) is 5.02 Å². The van der Waals surface area contributed by atoms with Gasteiger partial charge in [-0.2, -0.15) is 0 Å². The Morgan fingerprint density at radius 3 is 2.18 bits per heavy atom. The van der Waals surface area contributed by atoms with Crippen LogP contribution in [0.4, 0.5) is 0 Å². The molecule has 0 aliphatic carbocycles. The van der Waals surface area contributed by atoms with E-state index in [0.717, 1.165) is 58.9 Å². The number of benzene rings is 3. The molecule has 0 saturated carbocycles. The van der Waals surface area contributed by atoms with E-state index in [1.807, 2.05) is 66.4 Å². The zero-order valence-corrected chi connectivity index (χ0v) is 22.1. The molecule has 38 heavy (non-hydrogen) atoms. The maximum atomic E-state index is 13.0. The number of aromatic nitrogens is 2. The summed E-state index contributed by atoms with van der Waals surface area (Å²) in [6, 6.07) is 30.3. The van der Waals surface area contributed by atoms with E-state index in [0.29, 0.717) is 18.1 Å². The van der Waals surface area contributed by atoms with E-state index in [-0.39, 0.29) is 5.91 Å². The first-order chi connectivity index (χ1) is 18.5. The minimum atomic E-state index is 0.105. The van der Waals surface area contributed by atoms with Gasteiger partial charge in [-0.1, -0.05) is 71.8 Å². The Labute approximate surface area is 227 Å². The number of hydrogen-bond acceptors (Lipinski definition) is 3. The van der Waals surface area contributed by atoms with E-state index in [9.17, 15) is 4.79 Å². The maximum absolute atomic E-state index is 13.0. The third-order valence-corrected chi connectivity index (χ3v) is 7.53. The summed E-state index contributed by atoms with van der Waals surface area (Å²) in [6.45, 7) is 5.80. The predicted molar refractivity (Wildman–Crippen MR) is 153 cm³/mol. The first-order valence-corrected chi connectivity index (χ1v) is 13.3. The highest BCUT2D eigenvalue weighted by molar-refractivity contribution is 6.30. The second-order valence-corrected chi connectivity index (χ2v) is 10.3. The molecule has 3 aromatic carbocycles. The van der Waals surface area contributed by atoms with Crippen LogP contribution in [0.1, 0.15) is 21.6 Å². The largest absolute Gasteiger partial charge is 0.336 e. The van der Waals surface area contributed by atoms with Crippen LogP contribution >= 0.6 is 11.6 Å². The van der Waals surface area contributed by atoms with Crippen molar-refractivity contribution < 1.29 is 4.79 Å². The molecule has 1 saturated heterocycles. The van der Waals surface area contributed by atoms with Crippen LogP contribution in [-0.2, 0) is 6.54 Å². The van der Waals surface area contributed by atoms with Crippen molar-refractivity contribution in [2.24, 2.45) is 0 Å². The number of carbonyl (C=O) groups excluding carboxylic acids is 1. The van der Waals surface area contributed by atoms with Gasteiger partial charge in [0.2, 0.25) is 0 Å². The Kier molecular flexibility index (Phi) is 6.71. The van der Waals surface area contributed by atoms with Gasteiger partial charge in [-0.25, -0.2) is 4.98 Å². The van der Waals surface area contributed by atoms with E-state index in [1.165, 1.54) is 5.56 Å². The highest BCUT2D eigenvalue weighted by Gasteiger charge is 2.24. The first kappa shape index (κ1) is 24.4. The van der Waals surface area contributed by atoms with Gasteiger partial charge in [0, 0.05) is 55.1 Å². The molecule has 2 aromatic heterocycles. The molecule has 190 valence electrons. The number of fused-ring (bicyclic) bond motifs is 1. The van der Waals surface area contributed by atoms with Crippen molar-refractivity contribution in [2.45, 2.75) is 13.5 Å². The van der Waals surface area contributed by atoms with E-state index in [4.69, 9.17) is 16.6 Å². The van der Waals surface area contributed by atoms with E-state index >= 15 is 0 Å². The van der Waals surface area contributed by atoms with Crippen molar-refractivity contribution in [3.8, 4) is 22.4 Å². The molecule has 0 N–H and O–H groups in total. The smallest absolute Gasteiger partial charge is 0.253 e. The summed E-state index contributed by atoms with van der Waals surface area (Å²) in [5.41, 5.74) is 8.29. The molecule has 0 bridgehead atoms. The lowest BCUT2D eigenvalue weighted by Gasteiger charge is -2.34. The lowest BCUT2D eigenvalue weighted by Crippen LogP contribution is -2.48. The van der Waals surface area contributed by atoms with Crippen molar-refractivity contribution >= 4 is 23.2 Å². The van der Waals surface area contributed by atoms with Crippen molar-refractivity contribution in [3.05, 3.63) is 119 Å². The summed E-state index contributed by atoms with van der Waals surface area (Å²) in [5, 5.41) is 0.708. The summed E-state index contributed by atoms with van der Waals surface area (Å²) in [6.07, 6.45) is 2.18. The van der Waals surface area contributed by atoms with Crippen LogP contribution in [0.5, 0.6) is 0 Å². The molecule has 3 heterocycles. The fourth-order valence-electron chi connectivity index (χ4n) is 5.08. The summed E-state index contributed by atoms with van der Waals surface area (Å²) in [5.74, 6) is 0.105. The Balaban J connectivity index is 1.29. The van der Waals surface area contributed by atoms with Gasteiger partial charge in [-0.3, -0.25) is 9.69 Å². The molecule has 0 radical (unpaired) electrons. The number of rotatable bonds is 5. The normalized spacial score (nSPS) is 14.2. The molecule has 6 heteroatoms. The average Bonchev–Trinajstić information content (AvgIpc) is 3.32. The Morgan fingerprint density at radius 1 is 0.789 bits per heavy atom. The molecule has 5 nitrogen and oxygen atoms in total. The number of halogens is 1. The second kappa shape index (κ2) is 10.4. The number of piperazine rings is 1. The minimum absolute atomic E-state index is 0.105. The highest BCUT2D eigenvalue weighted by atomic mass is 35.5. The summed E-state index contributed by atoms with van der Waals surface area (Å²) < 4.78 is 2.22. The molecular formula is C32H29ClN4O. The lowest BCUT2D eigenvalue weighted by molar-refractivity contribution is 0.0627. The molecular weight excluding hydrogens is 492 g/mol. The van der Waals surface area contributed by atoms with Gasteiger partial charge in [-0.05, 0) is 54.4 Å². The fraction of sp³-hybridized carbons (Fsp3) is 0.188. The minimum Gasteiger partial charge on any atom is -0.336 e. The van der Waals surface area contributed by atoms with Crippen LogP contribution < -0.4 is 0 Å². The zero-order valence-electron chi connectivity index (χ0n) is 21.3. The van der Waals surface area contributed by atoms with Gasteiger partial charge in [0.1, 0.15) is 5.65 Å². The molecule has 1 fully saturated rings. The Bertz CT molecular complexity index is 1570. The van der Waals surface area contributed by atoms with E-state index in [2.05, 4.69) is 51.9 Å². The molecule has 1 amide bonds. The number of hydrogen-bond donors (Lipinski definition) is 0. The summed E-state index contributed by atoms with van der Waals surface area (Å²) in [4.78, 5) is 22.4. The predicted octanol–water partition coefficient (Wildman–Crippen LogP) is 6.59. The molecule has 0 unspecified atom stereocenters. The van der Waals surface area contributed by atoms with Gasteiger partial charge in [0.25, 0.3) is 5.91 Å². The Morgan fingerprint density at radius 2 is 1.47 bits per heavy atom. The second-order valence-electron chi connectivity index (χ2n) is 9.86. The van der Waals surface area contributed by atoms with Crippen LogP contribution in [0.25, 0.3) is 28.0 Å². The van der Waals surface area contributed by atoms with E-state index < -0.39 is 0 Å². The van der Waals surface area contributed by atoms with Crippen LogP contribution in [0.3, 0.4) is 0 Å². The molecule has 6 rings (SSSR count). The third-order valence-electron chi connectivity index (χ3n) is 7.27. The monoisotopic (exact) mass is 520 g/mol. The van der Waals surface area contributed by atoms with Crippen molar-refractivity contribution in [1.82, 2.24) is 19.2 Å². The quantitative estimate of drug-likeness (QED) is 0.262. The van der Waals surface area contributed by atoms with Crippen LogP contribution in [0, 0.1) is 6.92 Å². The number of imidazole rings is 1. The number of amides is 1. The first-order valence-electron chi connectivity index (χ1n) is 13.0. The lowest BCUT2D eigenvalue weighted by atomic mass is 10.1. The fourth-order valence-corrected chi connectivity index (χ4v) is 5.21. The average molecular weight is 521 g/mol.